The van der Waals surface area contributed by atoms with Crippen LogP contribution in [-0.2, 0) is 29.2 Å². The van der Waals surface area contributed by atoms with Gasteiger partial charge in [0.15, 0.2) is 5.82 Å². The van der Waals surface area contributed by atoms with Gasteiger partial charge < -0.3 is 14.2 Å². The molecule has 1 fully saturated rings. The van der Waals surface area contributed by atoms with Crippen LogP contribution in [0.1, 0.15) is 23.7 Å². The van der Waals surface area contributed by atoms with E-state index in [0.717, 1.165) is 18.5 Å². The first kappa shape index (κ1) is 16.6. The number of carbonyl (C=O) groups excluding carboxylic acids is 1. The molecule has 0 N–H and O–H groups in total. The van der Waals surface area contributed by atoms with Crippen LogP contribution in [0, 0.1) is 0 Å². The van der Waals surface area contributed by atoms with Crippen molar-refractivity contribution in [3.63, 3.8) is 0 Å². The van der Waals surface area contributed by atoms with Gasteiger partial charge in [-0.1, -0.05) is 35.5 Å². The Morgan fingerprint density at radius 1 is 1.38 bits per heavy atom. The highest BCUT2D eigenvalue weighted by Crippen LogP contribution is 2.20. The number of nitrogens with zero attached hydrogens (tertiary/aromatic N) is 4. The van der Waals surface area contributed by atoms with Crippen LogP contribution in [0.2, 0.25) is 0 Å². The molecule has 1 saturated heterocycles. The molecule has 0 radical (unpaired) electrons. The van der Waals surface area contributed by atoms with Crippen LogP contribution >= 0.6 is 0 Å². The third-order valence-corrected chi connectivity index (χ3v) is 4.19. The minimum atomic E-state index is -0.147. The van der Waals surface area contributed by atoms with Gasteiger partial charge in [0.25, 0.3) is 0 Å². The smallest absolute Gasteiger partial charge is 0.240 e. The normalized spacial score (nSPS) is 17.9. The van der Waals surface area contributed by atoms with E-state index in [9.17, 15) is 4.79 Å². The highest BCUT2D eigenvalue weighted by Gasteiger charge is 2.34. The molecule has 1 aliphatic rings. The Hall–Kier alpha value is -2.25. The number of methoxy groups -OCH3 is 1. The Morgan fingerprint density at radius 2 is 2.17 bits per heavy atom. The van der Waals surface area contributed by atoms with Crippen molar-refractivity contribution in [3.05, 3.63) is 47.6 Å². The summed E-state index contributed by atoms with van der Waals surface area (Å²) in [5, 5.41) is 3.84. The Balaban J connectivity index is 1.57. The SMILES string of the molecule is COCc1noc(CN(C)C2CCN(Cc3ccccc3)C2=O)n1. The van der Waals surface area contributed by atoms with Crippen LogP contribution in [0.3, 0.4) is 0 Å². The molecule has 1 aromatic heterocycles. The van der Waals surface area contributed by atoms with Gasteiger partial charge in [-0.3, -0.25) is 9.69 Å². The number of hydrogen-bond acceptors (Lipinski definition) is 6. The summed E-state index contributed by atoms with van der Waals surface area (Å²) in [6.45, 7) is 2.19. The van der Waals surface area contributed by atoms with Gasteiger partial charge in [-0.15, -0.1) is 0 Å². The standard InChI is InChI=1S/C17H22N4O3/c1-20(11-16-18-15(12-23-2)19-24-16)14-8-9-21(17(14)22)10-13-6-4-3-5-7-13/h3-7,14H,8-12H2,1-2H3. The van der Waals surface area contributed by atoms with Crippen molar-refractivity contribution in [1.29, 1.82) is 0 Å². The van der Waals surface area contributed by atoms with Crippen LogP contribution in [0.25, 0.3) is 0 Å². The van der Waals surface area contributed by atoms with E-state index in [-0.39, 0.29) is 11.9 Å². The van der Waals surface area contributed by atoms with Crippen LogP contribution < -0.4 is 0 Å². The molecule has 128 valence electrons. The van der Waals surface area contributed by atoms with E-state index < -0.39 is 0 Å². The van der Waals surface area contributed by atoms with E-state index in [1.807, 2.05) is 47.2 Å². The maximum atomic E-state index is 12.6. The number of rotatable bonds is 7. The average Bonchev–Trinajstić information content (AvgIpc) is 3.16. The predicted octanol–water partition coefficient (Wildman–Crippen LogP) is 1.45. The molecule has 0 bridgehead atoms. The number of ether oxygens (including phenoxy) is 1. The van der Waals surface area contributed by atoms with Crippen molar-refractivity contribution in [2.75, 3.05) is 20.7 Å². The minimum Gasteiger partial charge on any atom is -0.377 e. The van der Waals surface area contributed by atoms with Gasteiger partial charge >= 0.3 is 0 Å². The topological polar surface area (TPSA) is 71.7 Å². The number of benzene rings is 1. The van der Waals surface area contributed by atoms with Crippen molar-refractivity contribution in [3.8, 4) is 0 Å². The van der Waals surface area contributed by atoms with Crippen LogP contribution in [0.5, 0.6) is 0 Å². The average molecular weight is 330 g/mol. The number of aromatic nitrogens is 2. The first-order chi connectivity index (χ1) is 11.7. The second-order valence-electron chi connectivity index (χ2n) is 6.00. The third-order valence-electron chi connectivity index (χ3n) is 4.19. The molecule has 0 saturated carbocycles. The van der Waals surface area contributed by atoms with E-state index in [0.29, 0.717) is 31.4 Å². The fourth-order valence-corrected chi connectivity index (χ4v) is 2.96. The van der Waals surface area contributed by atoms with Crippen molar-refractivity contribution >= 4 is 5.91 Å². The molecular formula is C17H22N4O3. The van der Waals surface area contributed by atoms with E-state index in [1.54, 1.807) is 7.11 Å². The van der Waals surface area contributed by atoms with E-state index in [2.05, 4.69) is 10.1 Å². The molecule has 0 aliphatic carbocycles. The maximum Gasteiger partial charge on any atom is 0.240 e. The number of amides is 1. The van der Waals surface area contributed by atoms with Gasteiger partial charge in [-0.2, -0.15) is 4.98 Å². The summed E-state index contributed by atoms with van der Waals surface area (Å²) in [6, 6.07) is 9.90. The Bertz CT molecular complexity index is 673. The lowest BCUT2D eigenvalue weighted by atomic mass is 10.2. The van der Waals surface area contributed by atoms with Crippen LogP contribution in [0.15, 0.2) is 34.9 Å². The summed E-state index contributed by atoms with van der Waals surface area (Å²) in [6.07, 6.45) is 0.807. The summed E-state index contributed by atoms with van der Waals surface area (Å²) in [7, 11) is 3.50. The molecule has 1 unspecified atom stereocenters. The lowest BCUT2D eigenvalue weighted by molar-refractivity contribution is -0.132. The molecule has 1 aliphatic heterocycles. The monoisotopic (exact) mass is 330 g/mol. The van der Waals surface area contributed by atoms with Gasteiger partial charge in [-0.05, 0) is 19.0 Å². The lowest BCUT2D eigenvalue weighted by Gasteiger charge is -2.22. The Kier molecular flexibility index (Phi) is 5.22. The molecule has 2 heterocycles. The van der Waals surface area contributed by atoms with Crippen LogP contribution in [-0.4, -0.2) is 52.6 Å². The Morgan fingerprint density at radius 3 is 2.92 bits per heavy atom. The van der Waals surface area contributed by atoms with Gasteiger partial charge in [-0.25, -0.2) is 0 Å². The third kappa shape index (κ3) is 3.80. The minimum absolute atomic E-state index is 0.147. The zero-order valence-corrected chi connectivity index (χ0v) is 14.0. The van der Waals surface area contributed by atoms with Crippen molar-refractivity contribution in [2.45, 2.75) is 32.2 Å². The first-order valence-electron chi connectivity index (χ1n) is 8.00. The molecule has 3 rings (SSSR count). The van der Waals surface area contributed by atoms with E-state index in [4.69, 9.17) is 9.26 Å². The molecule has 0 spiro atoms. The molecule has 7 nitrogen and oxygen atoms in total. The zero-order chi connectivity index (χ0) is 16.9. The fourth-order valence-electron chi connectivity index (χ4n) is 2.96. The summed E-state index contributed by atoms with van der Waals surface area (Å²) < 4.78 is 10.2. The van der Waals surface area contributed by atoms with Crippen LogP contribution in [0.4, 0.5) is 0 Å². The summed E-state index contributed by atoms with van der Waals surface area (Å²) in [5.74, 6) is 1.17. The quantitative estimate of drug-likeness (QED) is 0.765. The summed E-state index contributed by atoms with van der Waals surface area (Å²) >= 11 is 0. The molecule has 24 heavy (non-hydrogen) atoms. The fraction of sp³-hybridized carbons (Fsp3) is 0.471. The van der Waals surface area contributed by atoms with Crippen molar-refractivity contribution < 1.29 is 14.1 Å². The lowest BCUT2D eigenvalue weighted by Crippen LogP contribution is -2.39. The van der Waals surface area contributed by atoms with E-state index >= 15 is 0 Å². The number of likely N-dealkylation sites (tertiary alicyclic amines) is 1. The number of hydrogen-bond donors (Lipinski definition) is 0. The molecular weight excluding hydrogens is 308 g/mol. The first-order valence-corrected chi connectivity index (χ1v) is 8.00. The van der Waals surface area contributed by atoms with Gasteiger partial charge in [0.05, 0.1) is 12.6 Å². The summed E-state index contributed by atoms with van der Waals surface area (Å²) in [5.41, 5.74) is 1.15. The maximum absolute atomic E-state index is 12.6. The van der Waals surface area contributed by atoms with Crippen molar-refractivity contribution in [2.24, 2.45) is 0 Å². The highest BCUT2D eigenvalue weighted by molar-refractivity contribution is 5.83. The molecule has 1 amide bonds. The molecule has 7 heteroatoms. The largest absolute Gasteiger partial charge is 0.377 e. The zero-order valence-electron chi connectivity index (χ0n) is 14.0. The summed E-state index contributed by atoms with van der Waals surface area (Å²) in [4.78, 5) is 20.8. The number of likely N-dealkylation sites (N-methyl/N-ethyl adjacent to an activating group) is 1. The Labute approximate surface area is 141 Å². The molecule has 1 aromatic carbocycles. The van der Waals surface area contributed by atoms with Crippen molar-refractivity contribution in [1.82, 2.24) is 19.9 Å². The van der Waals surface area contributed by atoms with Gasteiger partial charge in [0, 0.05) is 20.2 Å². The van der Waals surface area contributed by atoms with Gasteiger partial charge in [0.2, 0.25) is 11.8 Å². The molecule has 2 aromatic rings. The molecule has 1 atom stereocenters. The highest BCUT2D eigenvalue weighted by atomic mass is 16.5. The number of carbonyl (C=O) groups is 1. The second kappa shape index (κ2) is 7.55. The van der Waals surface area contributed by atoms with Gasteiger partial charge in [0.1, 0.15) is 6.61 Å². The predicted molar refractivity (Wildman–Crippen MR) is 86.7 cm³/mol. The second-order valence-corrected chi connectivity index (χ2v) is 6.00. The van der Waals surface area contributed by atoms with E-state index in [1.165, 1.54) is 0 Å².